The van der Waals surface area contributed by atoms with Crippen LogP contribution in [0.15, 0.2) is 12.3 Å². The predicted octanol–water partition coefficient (Wildman–Crippen LogP) is 2.28. The molecule has 1 aliphatic rings. The van der Waals surface area contributed by atoms with E-state index in [0.29, 0.717) is 24.7 Å². The van der Waals surface area contributed by atoms with Gasteiger partial charge in [0.05, 0.1) is 26.4 Å². The van der Waals surface area contributed by atoms with E-state index in [1.54, 1.807) is 26.5 Å². The second kappa shape index (κ2) is 6.90. The van der Waals surface area contributed by atoms with Crippen molar-refractivity contribution < 1.29 is 14.2 Å². The molecule has 0 spiro atoms. The monoisotopic (exact) mass is 280 g/mol. The lowest BCUT2D eigenvalue weighted by atomic mass is 9.84. The van der Waals surface area contributed by atoms with Gasteiger partial charge in [0, 0.05) is 18.8 Å². The van der Waals surface area contributed by atoms with Gasteiger partial charge < -0.3 is 19.9 Å². The molecule has 5 nitrogen and oxygen atoms in total. The van der Waals surface area contributed by atoms with Crippen LogP contribution in [-0.2, 0) is 11.3 Å². The summed E-state index contributed by atoms with van der Waals surface area (Å²) in [5.74, 6) is 1.31. The van der Waals surface area contributed by atoms with Crippen LogP contribution in [-0.4, -0.2) is 31.3 Å². The zero-order valence-corrected chi connectivity index (χ0v) is 12.4. The van der Waals surface area contributed by atoms with Gasteiger partial charge in [-0.2, -0.15) is 0 Å². The Morgan fingerprint density at radius 2 is 1.95 bits per heavy atom. The molecule has 2 rings (SSSR count). The maximum absolute atomic E-state index is 6.12. The first-order valence-corrected chi connectivity index (χ1v) is 7.14. The predicted molar refractivity (Wildman–Crippen MR) is 77.0 cm³/mol. The third-order valence-corrected chi connectivity index (χ3v) is 4.02. The molecule has 0 bridgehead atoms. The number of hydrogen-bond acceptors (Lipinski definition) is 5. The second-order valence-corrected chi connectivity index (χ2v) is 5.23. The first kappa shape index (κ1) is 15.1. The van der Waals surface area contributed by atoms with E-state index in [1.165, 1.54) is 19.3 Å². The Labute approximate surface area is 120 Å². The highest BCUT2D eigenvalue weighted by atomic mass is 16.5. The quantitative estimate of drug-likeness (QED) is 0.866. The van der Waals surface area contributed by atoms with Gasteiger partial charge in [0.25, 0.3) is 0 Å². The van der Waals surface area contributed by atoms with Crippen LogP contribution in [0.3, 0.4) is 0 Å². The number of hydrogen-bond donors (Lipinski definition) is 1. The number of nitrogens with two attached hydrogens (primary N) is 1. The molecule has 0 atom stereocenters. The molecule has 1 saturated carbocycles. The second-order valence-electron chi connectivity index (χ2n) is 5.23. The largest absolute Gasteiger partial charge is 0.493 e. The Morgan fingerprint density at radius 3 is 2.55 bits per heavy atom. The summed E-state index contributed by atoms with van der Waals surface area (Å²) in [6.07, 6.45) is 7.38. The first-order chi connectivity index (χ1) is 9.74. The average molecular weight is 280 g/mol. The molecular formula is C15H24N2O3. The van der Waals surface area contributed by atoms with E-state index in [4.69, 9.17) is 19.9 Å². The van der Waals surface area contributed by atoms with Gasteiger partial charge in [0.1, 0.15) is 5.69 Å². The standard InChI is InChI=1S/C15H24N2O3/c1-18-13-6-9-17-12(14(13)19-2)10-20-15(11-16)7-4-3-5-8-15/h6,9H,3-5,7-8,10-11,16H2,1-2H3. The summed E-state index contributed by atoms with van der Waals surface area (Å²) in [5.41, 5.74) is 6.48. The molecule has 0 unspecified atom stereocenters. The molecule has 0 amide bonds. The summed E-state index contributed by atoms with van der Waals surface area (Å²) in [6, 6.07) is 1.78. The summed E-state index contributed by atoms with van der Waals surface area (Å²) < 4.78 is 16.8. The van der Waals surface area contributed by atoms with Gasteiger partial charge in [-0.05, 0) is 12.8 Å². The molecule has 1 aromatic rings. The maximum Gasteiger partial charge on any atom is 0.184 e. The Bertz CT molecular complexity index is 431. The van der Waals surface area contributed by atoms with Crippen molar-refractivity contribution in [2.45, 2.75) is 44.3 Å². The molecule has 20 heavy (non-hydrogen) atoms. The Morgan fingerprint density at radius 1 is 1.20 bits per heavy atom. The third-order valence-electron chi connectivity index (χ3n) is 4.02. The van der Waals surface area contributed by atoms with E-state index in [-0.39, 0.29) is 5.60 Å². The SMILES string of the molecule is COc1ccnc(COC2(CN)CCCCC2)c1OC. The zero-order valence-electron chi connectivity index (χ0n) is 12.4. The van der Waals surface area contributed by atoms with E-state index in [2.05, 4.69) is 4.98 Å². The molecule has 0 saturated heterocycles. The van der Waals surface area contributed by atoms with Crippen molar-refractivity contribution in [1.82, 2.24) is 4.98 Å². The van der Waals surface area contributed by atoms with E-state index in [0.717, 1.165) is 18.5 Å². The van der Waals surface area contributed by atoms with Crippen LogP contribution >= 0.6 is 0 Å². The van der Waals surface area contributed by atoms with Gasteiger partial charge in [-0.3, -0.25) is 4.98 Å². The normalized spacial score (nSPS) is 17.8. The van der Waals surface area contributed by atoms with Crippen LogP contribution in [0.25, 0.3) is 0 Å². The van der Waals surface area contributed by atoms with Crippen LogP contribution in [0.5, 0.6) is 11.5 Å². The highest BCUT2D eigenvalue weighted by molar-refractivity contribution is 5.42. The summed E-state index contributed by atoms with van der Waals surface area (Å²) in [7, 11) is 3.23. The van der Waals surface area contributed by atoms with E-state index in [9.17, 15) is 0 Å². The molecule has 1 aliphatic carbocycles. The average Bonchev–Trinajstić information content (AvgIpc) is 2.53. The van der Waals surface area contributed by atoms with Crippen LogP contribution in [0.4, 0.5) is 0 Å². The van der Waals surface area contributed by atoms with Crippen LogP contribution in [0, 0.1) is 0 Å². The highest BCUT2D eigenvalue weighted by Gasteiger charge is 2.32. The third kappa shape index (κ3) is 3.22. The smallest absolute Gasteiger partial charge is 0.184 e. The summed E-state index contributed by atoms with van der Waals surface area (Å²) in [4.78, 5) is 4.34. The summed E-state index contributed by atoms with van der Waals surface area (Å²) >= 11 is 0. The zero-order chi connectivity index (χ0) is 14.4. The number of nitrogens with zero attached hydrogens (tertiary/aromatic N) is 1. The van der Waals surface area contributed by atoms with Crippen molar-refractivity contribution in [2.75, 3.05) is 20.8 Å². The van der Waals surface area contributed by atoms with Crippen LogP contribution in [0.2, 0.25) is 0 Å². The molecule has 2 N–H and O–H groups in total. The summed E-state index contributed by atoms with van der Waals surface area (Å²) in [5, 5.41) is 0. The molecule has 0 radical (unpaired) electrons. The van der Waals surface area contributed by atoms with Gasteiger partial charge in [0.2, 0.25) is 0 Å². The fourth-order valence-electron chi connectivity index (χ4n) is 2.78. The van der Waals surface area contributed by atoms with Crippen molar-refractivity contribution in [2.24, 2.45) is 5.73 Å². The number of rotatable bonds is 6. The fraction of sp³-hybridized carbons (Fsp3) is 0.667. The Hall–Kier alpha value is -1.33. The lowest BCUT2D eigenvalue weighted by molar-refractivity contribution is -0.0750. The lowest BCUT2D eigenvalue weighted by Gasteiger charge is -2.36. The van der Waals surface area contributed by atoms with Gasteiger partial charge >= 0.3 is 0 Å². The van der Waals surface area contributed by atoms with Crippen LogP contribution in [0.1, 0.15) is 37.8 Å². The molecule has 5 heteroatoms. The minimum absolute atomic E-state index is 0.200. The maximum atomic E-state index is 6.12. The van der Waals surface area contributed by atoms with Gasteiger partial charge in [0.15, 0.2) is 11.5 Å². The van der Waals surface area contributed by atoms with Gasteiger partial charge in [-0.1, -0.05) is 19.3 Å². The van der Waals surface area contributed by atoms with Crippen molar-refractivity contribution in [3.8, 4) is 11.5 Å². The Kier molecular flexibility index (Phi) is 5.20. The number of aromatic nitrogens is 1. The first-order valence-electron chi connectivity index (χ1n) is 7.14. The van der Waals surface area contributed by atoms with E-state index in [1.807, 2.05) is 0 Å². The lowest BCUT2D eigenvalue weighted by Crippen LogP contribution is -2.42. The molecule has 112 valence electrons. The molecule has 0 aliphatic heterocycles. The van der Waals surface area contributed by atoms with Gasteiger partial charge in [-0.25, -0.2) is 0 Å². The summed E-state index contributed by atoms with van der Waals surface area (Å²) in [6.45, 7) is 0.955. The molecule has 1 heterocycles. The topological polar surface area (TPSA) is 66.6 Å². The van der Waals surface area contributed by atoms with Crippen molar-refractivity contribution in [3.63, 3.8) is 0 Å². The minimum Gasteiger partial charge on any atom is -0.493 e. The van der Waals surface area contributed by atoms with E-state index < -0.39 is 0 Å². The molecule has 1 fully saturated rings. The molecule has 0 aromatic carbocycles. The van der Waals surface area contributed by atoms with Crippen molar-refractivity contribution >= 4 is 0 Å². The molecule has 1 aromatic heterocycles. The van der Waals surface area contributed by atoms with Crippen molar-refractivity contribution in [1.29, 1.82) is 0 Å². The minimum atomic E-state index is -0.200. The molecular weight excluding hydrogens is 256 g/mol. The number of ether oxygens (including phenoxy) is 3. The highest BCUT2D eigenvalue weighted by Crippen LogP contribution is 2.34. The van der Waals surface area contributed by atoms with Crippen LogP contribution < -0.4 is 15.2 Å². The number of pyridine rings is 1. The Balaban J connectivity index is 2.09. The van der Waals surface area contributed by atoms with E-state index >= 15 is 0 Å². The van der Waals surface area contributed by atoms with Gasteiger partial charge in [-0.15, -0.1) is 0 Å². The number of methoxy groups -OCH3 is 2. The van der Waals surface area contributed by atoms with Crippen molar-refractivity contribution in [3.05, 3.63) is 18.0 Å². The fourth-order valence-corrected chi connectivity index (χ4v) is 2.78.